The van der Waals surface area contributed by atoms with Crippen LogP contribution in [0.3, 0.4) is 0 Å². The molecule has 0 aliphatic carbocycles. The first kappa shape index (κ1) is 12.1. The van der Waals surface area contributed by atoms with Crippen LogP contribution in [-0.4, -0.2) is 14.2 Å². The van der Waals surface area contributed by atoms with Crippen molar-refractivity contribution < 1.29 is 4.74 Å². The summed E-state index contributed by atoms with van der Waals surface area (Å²) in [6.07, 6.45) is 0. The summed E-state index contributed by atoms with van der Waals surface area (Å²) in [5, 5.41) is 5.42. The Morgan fingerprint density at radius 2 is 1.94 bits per heavy atom. The lowest BCUT2D eigenvalue weighted by Gasteiger charge is -2.04. The summed E-state index contributed by atoms with van der Waals surface area (Å²) >= 11 is 1.80. The summed E-state index contributed by atoms with van der Waals surface area (Å²) in [6, 6.07) is 8.24. The van der Waals surface area contributed by atoms with E-state index in [0.29, 0.717) is 0 Å². The van der Waals surface area contributed by atoms with Crippen molar-refractivity contribution in [1.82, 2.24) is 5.32 Å². The van der Waals surface area contributed by atoms with Crippen LogP contribution in [0.4, 0.5) is 0 Å². The van der Waals surface area contributed by atoms with Gasteiger partial charge in [-0.05, 0) is 60.3 Å². The molecule has 1 N–H and O–H groups in total. The molecule has 2 nitrogen and oxygen atoms in total. The summed E-state index contributed by atoms with van der Waals surface area (Å²) < 4.78 is 5.17. The van der Waals surface area contributed by atoms with Crippen molar-refractivity contribution >= 4 is 11.3 Å². The third-order valence-corrected chi connectivity index (χ3v) is 4.04. The Hall–Kier alpha value is -1.32. The lowest BCUT2D eigenvalue weighted by atomic mass is 10.1. The van der Waals surface area contributed by atoms with Crippen LogP contribution in [0.5, 0.6) is 5.75 Å². The molecule has 0 atom stereocenters. The molecule has 17 heavy (non-hydrogen) atoms. The average molecular weight is 247 g/mol. The molecule has 1 heterocycles. The molecule has 1 aromatic carbocycles. The molecule has 0 unspecified atom stereocenters. The van der Waals surface area contributed by atoms with Gasteiger partial charge in [-0.1, -0.05) is 0 Å². The van der Waals surface area contributed by atoms with Gasteiger partial charge in [-0.25, -0.2) is 0 Å². The number of nitrogens with one attached hydrogen (secondary N) is 1. The van der Waals surface area contributed by atoms with E-state index in [-0.39, 0.29) is 0 Å². The molecule has 0 aliphatic heterocycles. The van der Waals surface area contributed by atoms with Crippen LogP contribution < -0.4 is 10.1 Å². The van der Waals surface area contributed by atoms with Crippen molar-refractivity contribution in [2.75, 3.05) is 14.2 Å². The van der Waals surface area contributed by atoms with Gasteiger partial charge in [-0.3, -0.25) is 0 Å². The van der Waals surface area contributed by atoms with Crippen LogP contribution in [0, 0.1) is 6.92 Å². The van der Waals surface area contributed by atoms with Crippen molar-refractivity contribution in [3.63, 3.8) is 0 Å². The number of rotatable bonds is 4. The van der Waals surface area contributed by atoms with Gasteiger partial charge in [0.25, 0.3) is 0 Å². The summed E-state index contributed by atoms with van der Waals surface area (Å²) in [6.45, 7) is 3.11. The SMILES string of the molecule is CNCc1csc(-c2ccc(OC)cc2)c1C. The molecule has 0 saturated heterocycles. The van der Waals surface area contributed by atoms with E-state index in [1.54, 1.807) is 18.4 Å². The Morgan fingerprint density at radius 1 is 1.24 bits per heavy atom. The maximum atomic E-state index is 5.17. The molecule has 0 fully saturated rings. The van der Waals surface area contributed by atoms with Gasteiger partial charge in [0, 0.05) is 11.4 Å². The Labute approximate surface area is 106 Å². The fourth-order valence-electron chi connectivity index (χ4n) is 1.84. The molecular formula is C14H17NOS. The normalized spacial score (nSPS) is 10.5. The number of thiophene rings is 1. The van der Waals surface area contributed by atoms with Gasteiger partial charge in [0.1, 0.15) is 5.75 Å². The number of ether oxygens (including phenoxy) is 1. The van der Waals surface area contributed by atoms with Crippen LogP contribution >= 0.6 is 11.3 Å². The monoisotopic (exact) mass is 247 g/mol. The smallest absolute Gasteiger partial charge is 0.118 e. The van der Waals surface area contributed by atoms with Crippen molar-refractivity contribution in [1.29, 1.82) is 0 Å². The molecule has 0 saturated carbocycles. The lowest BCUT2D eigenvalue weighted by molar-refractivity contribution is 0.415. The quantitative estimate of drug-likeness (QED) is 0.893. The summed E-state index contributed by atoms with van der Waals surface area (Å²) in [5.74, 6) is 0.901. The fourth-order valence-corrected chi connectivity index (χ4v) is 2.94. The maximum Gasteiger partial charge on any atom is 0.118 e. The molecule has 1 aromatic heterocycles. The molecule has 0 aliphatic rings. The summed E-state index contributed by atoms with van der Waals surface area (Å²) in [7, 11) is 3.67. The lowest BCUT2D eigenvalue weighted by Crippen LogP contribution is -2.04. The predicted octanol–water partition coefficient (Wildman–Crippen LogP) is 3.45. The molecular weight excluding hydrogens is 230 g/mol. The highest BCUT2D eigenvalue weighted by atomic mass is 32.1. The molecule has 0 bridgehead atoms. The van der Waals surface area contributed by atoms with E-state index in [4.69, 9.17) is 4.74 Å². The fraction of sp³-hybridized carbons (Fsp3) is 0.286. The van der Waals surface area contributed by atoms with Crippen molar-refractivity contribution in [3.05, 3.63) is 40.8 Å². The van der Waals surface area contributed by atoms with Crippen LogP contribution in [0.1, 0.15) is 11.1 Å². The second kappa shape index (κ2) is 5.34. The topological polar surface area (TPSA) is 21.3 Å². The third kappa shape index (κ3) is 2.51. The van der Waals surface area contributed by atoms with E-state index in [0.717, 1.165) is 12.3 Å². The van der Waals surface area contributed by atoms with Crippen molar-refractivity contribution in [3.8, 4) is 16.2 Å². The predicted molar refractivity (Wildman–Crippen MR) is 73.8 cm³/mol. The highest BCUT2D eigenvalue weighted by molar-refractivity contribution is 7.14. The summed E-state index contributed by atoms with van der Waals surface area (Å²) in [5.41, 5.74) is 4.01. The van der Waals surface area contributed by atoms with Gasteiger partial charge in [0.2, 0.25) is 0 Å². The van der Waals surface area contributed by atoms with Crippen molar-refractivity contribution in [2.24, 2.45) is 0 Å². The minimum absolute atomic E-state index is 0.901. The third-order valence-electron chi connectivity index (χ3n) is 2.86. The zero-order chi connectivity index (χ0) is 12.3. The summed E-state index contributed by atoms with van der Waals surface area (Å²) in [4.78, 5) is 1.35. The first-order valence-electron chi connectivity index (χ1n) is 5.62. The van der Waals surface area contributed by atoms with Gasteiger partial charge in [0.15, 0.2) is 0 Å². The standard InChI is InChI=1S/C14H17NOS/c1-10-12(8-15-2)9-17-14(10)11-4-6-13(16-3)7-5-11/h4-7,9,15H,8H2,1-3H3. The Kier molecular flexibility index (Phi) is 3.82. The molecule has 0 spiro atoms. The molecule has 3 heteroatoms. The second-order valence-electron chi connectivity index (χ2n) is 3.97. The minimum Gasteiger partial charge on any atom is -0.497 e. The first-order valence-corrected chi connectivity index (χ1v) is 6.50. The molecule has 2 rings (SSSR count). The van der Waals surface area contributed by atoms with Crippen LogP contribution in [-0.2, 0) is 6.54 Å². The highest BCUT2D eigenvalue weighted by Crippen LogP contribution is 2.33. The number of hydrogen-bond donors (Lipinski definition) is 1. The van der Waals surface area contributed by atoms with E-state index in [2.05, 4.69) is 29.8 Å². The average Bonchev–Trinajstić information content (AvgIpc) is 2.72. The Balaban J connectivity index is 2.32. The van der Waals surface area contributed by atoms with Gasteiger partial charge < -0.3 is 10.1 Å². The zero-order valence-electron chi connectivity index (χ0n) is 10.4. The number of methoxy groups -OCH3 is 1. The maximum absolute atomic E-state index is 5.17. The Bertz CT molecular complexity index is 487. The molecule has 2 aromatic rings. The van der Waals surface area contributed by atoms with E-state index in [1.165, 1.54) is 21.6 Å². The number of hydrogen-bond acceptors (Lipinski definition) is 3. The van der Waals surface area contributed by atoms with Gasteiger partial charge >= 0.3 is 0 Å². The first-order chi connectivity index (χ1) is 8.26. The van der Waals surface area contributed by atoms with E-state index in [1.807, 2.05) is 19.2 Å². The van der Waals surface area contributed by atoms with Gasteiger partial charge in [-0.2, -0.15) is 0 Å². The minimum atomic E-state index is 0.901. The van der Waals surface area contributed by atoms with E-state index < -0.39 is 0 Å². The number of benzene rings is 1. The second-order valence-corrected chi connectivity index (χ2v) is 4.85. The largest absolute Gasteiger partial charge is 0.497 e. The van der Waals surface area contributed by atoms with Crippen LogP contribution in [0.25, 0.3) is 10.4 Å². The highest BCUT2D eigenvalue weighted by Gasteiger charge is 2.08. The molecule has 90 valence electrons. The van der Waals surface area contributed by atoms with E-state index >= 15 is 0 Å². The van der Waals surface area contributed by atoms with Crippen LogP contribution in [0.2, 0.25) is 0 Å². The van der Waals surface area contributed by atoms with Crippen LogP contribution in [0.15, 0.2) is 29.6 Å². The molecule has 0 amide bonds. The van der Waals surface area contributed by atoms with Gasteiger partial charge in [-0.15, -0.1) is 11.3 Å². The zero-order valence-corrected chi connectivity index (χ0v) is 11.2. The Morgan fingerprint density at radius 3 is 2.53 bits per heavy atom. The van der Waals surface area contributed by atoms with Crippen molar-refractivity contribution in [2.45, 2.75) is 13.5 Å². The molecule has 0 radical (unpaired) electrons. The van der Waals surface area contributed by atoms with Gasteiger partial charge in [0.05, 0.1) is 7.11 Å². The van der Waals surface area contributed by atoms with E-state index in [9.17, 15) is 0 Å².